The zero-order valence-corrected chi connectivity index (χ0v) is 17.7. The molecule has 28 heavy (non-hydrogen) atoms. The van der Waals surface area contributed by atoms with E-state index in [1.807, 2.05) is 11.6 Å². The van der Waals surface area contributed by atoms with Crippen molar-refractivity contribution >= 4 is 24.2 Å². The van der Waals surface area contributed by atoms with Gasteiger partial charge in [0.15, 0.2) is 5.69 Å². The van der Waals surface area contributed by atoms with E-state index in [1.165, 1.54) is 0 Å². The first kappa shape index (κ1) is 22.6. The van der Waals surface area contributed by atoms with Gasteiger partial charge >= 0.3 is 0 Å². The third-order valence-electron chi connectivity index (χ3n) is 5.76. The maximum atomic E-state index is 13.0. The van der Waals surface area contributed by atoms with E-state index < -0.39 is 0 Å². The Kier molecular flexibility index (Phi) is 8.69. The minimum Gasteiger partial charge on any atom is -0.356 e. The number of unbranched alkanes of at least 4 members (excludes halogenated alkanes) is 1. The number of amides is 2. The van der Waals surface area contributed by atoms with Crippen molar-refractivity contribution in [2.75, 3.05) is 26.2 Å². The molecule has 2 N–H and O–H groups in total. The molecule has 0 saturated carbocycles. The van der Waals surface area contributed by atoms with Crippen molar-refractivity contribution in [1.29, 1.82) is 0 Å². The summed E-state index contributed by atoms with van der Waals surface area (Å²) < 4.78 is 1.83. The molecule has 1 aromatic rings. The van der Waals surface area contributed by atoms with Crippen LogP contribution in [0.25, 0.3) is 0 Å². The molecule has 9 heteroatoms. The summed E-state index contributed by atoms with van der Waals surface area (Å²) in [5, 5.41) is 14.7. The van der Waals surface area contributed by atoms with E-state index in [0.717, 1.165) is 51.6 Å². The predicted molar refractivity (Wildman–Crippen MR) is 110 cm³/mol. The summed E-state index contributed by atoms with van der Waals surface area (Å²) in [5.41, 5.74) is 0.382. The molecular weight excluding hydrogens is 380 g/mol. The smallest absolute Gasteiger partial charge is 0.276 e. The van der Waals surface area contributed by atoms with Gasteiger partial charge in [0, 0.05) is 19.1 Å². The Morgan fingerprint density at radius 1 is 1.25 bits per heavy atom. The van der Waals surface area contributed by atoms with Crippen LogP contribution in [-0.2, 0) is 4.79 Å². The number of hydrogen-bond donors (Lipinski definition) is 2. The Balaban J connectivity index is 0.00000280. The monoisotopic (exact) mass is 412 g/mol. The molecule has 0 aliphatic carbocycles. The fourth-order valence-electron chi connectivity index (χ4n) is 3.91. The van der Waals surface area contributed by atoms with Crippen LogP contribution in [0.2, 0.25) is 0 Å². The Hall–Kier alpha value is -1.67. The molecule has 2 amide bonds. The lowest BCUT2D eigenvalue weighted by Gasteiger charge is -2.37. The molecule has 3 rings (SSSR count). The Morgan fingerprint density at radius 3 is 2.71 bits per heavy atom. The molecule has 8 nitrogen and oxygen atoms in total. The number of nitrogens with one attached hydrogen (secondary N) is 2. The Morgan fingerprint density at radius 2 is 2.00 bits per heavy atom. The average Bonchev–Trinajstić information content (AvgIpc) is 3.19. The number of piperidine rings is 2. The number of carbonyl (C=O) groups is 2. The molecule has 1 aromatic heterocycles. The van der Waals surface area contributed by atoms with Crippen LogP contribution in [0.4, 0.5) is 0 Å². The Bertz CT molecular complexity index is 646. The molecule has 0 spiro atoms. The largest absolute Gasteiger partial charge is 0.356 e. The highest BCUT2D eigenvalue weighted by atomic mass is 35.5. The summed E-state index contributed by atoms with van der Waals surface area (Å²) in [6.07, 6.45) is 7.46. The third-order valence-corrected chi connectivity index (χ3v) is 5.76. The van der Waals surface area contributed by atoms with E-state index in [-0.39, 0.29) is 36.2 Å². The first-order chi connectivity index (χ1) is 13.1. The van der Waals surface area contributed by atoms with Crippen molar-refractivity contribution < 1.29 is 9.59 Å². The van der Waals surface area contributed by atoms with E-state index in [1.54, 1.807) is 11.1 Å². The molecule has 2 saturated heterocycles. The fourth-order valence-corrected chi connectivity index (χ4v) is 3.91. The number of carbonyl (C=O) groups excluding carboxylic acids is 2. The van der Waals surface area contributed by atoms with Gasteiger partial charge in [-0.1, -0.05) is 18.6 Å². The standard InChI is InChI=1S/C19H32N6O2.ClH/c1-3-4-9-21-18(26)15-6-5-14(2)24(12-15)19(27)17-13-25(23-22-17)16-7-10-20-11-8-16;/h13-16,20H,3-12H2,1-2H3,(H,21,26);1H. The molecule has 3 heterocycles. The van der Waals surface area contributed by atoms with Gasteiger partial charge in [-0.2, -0.15) is 0 Å². The molecule has 2 aliphatic rings. The summed E-state index contributed by atoms with van der Waals surface area (Å²) in [4.78, 5) is 27.2. The van der Waals surface area contributed by atoms with Gasteiger partial charge in [0.25, 0.3) is 5.91 Å². The minimum absolute atomic E-state index is 0. The molecule has 0 bridgehead atoms. The number of halogens is 1. The second-order valence-corrected chi connectivity index (χ2v) is 7.79. The van der Waals surface area contributed by atoms with Crippen molar-refractivity contribution in [1.82, 2.24) is 30.5 Å². The second-order valence-electron chi connectivity index (χ2n) is 7.79. The van der Waals surface area contributed by atoms with Crippen LogP contribution in [-0.4, -0.2) is 63.9 Å². The lowest BCUT2D eigenvalue weighted by atomic mass is 9.92. The van der Waals surface area contributed by atoms with Crippen molar-refractivity contribution in [2.45, 2.75) is 64.5 Å². The Labute approximate surface area is 173 Å². The summed E-state index contributed by atoms with van der Waals surface area (Å²) in [6.45, 7) is 7.24. The van der Waals surface area contributed by atoms with E-state index in [4.69, 9.17) is 0 Å². The minimum atomic E-state index is -0.138. The van der Waals surface area contributed by atoms with Crippen molar-refractivity contribution in [3.8, 4) is 0 Å². The van der Waals surface area contributed by atoms with Crippen molar-refractivity contribution in [3.63, 3.8) is 0 Å². The third kappa shape index (κ3) is 5.44. The highest BCUT2D eigenvalue weighted by Crippen LogP contribution is 2.24. The summed E-state index contributed by atoms with van der Waals surface area (Å²) in [6, 6.07) is 0.414. The van der Waals surface area contributed by atoms with Crippen molar-refractivity contribution in [3.05, 3.63) is 11.9 Å². The van der Waals surface area contributed by atoms with Crippen LogP contribution < -0.4 is 10.6 Å². The molecule has 2 unspecified atom stereocenters. The average molecular weight is 413 g/mol. The summed E-state index contributed by atoms with van der Waals surface area (Å²) >= 11 is 0. The highest BCUT2D eigenvalue weighted by Gasteiger charge is 2.34. The highest BCUT2D eigenvalue weighted by molar-refractivity contribution is 5.92. The van der Waals surface area contributed by atoms with Crippen LogP contribution in [0.3, 0.4) is 0 Å². The zero-order valence-electron chi connectivity index (χ0n) is 16.9. The molecule has 158 valence electrons. The number of rotatable bonds is 6. The van der Waals surface area contributed by atoms with Gasteiger partial charge in [0.2, 0.25) is 5.91 Å². The van der Waals surface area contributed by atoms with Crippen molar-refractivity contribution in [2.24, 2.45) is 5.92 Å². The number of aromatic nitrogens is 3. The van der Waals surface area contributed by atoms with E-state index in [0.29, 0.717) is 24.8 Å². The second kappa shape index (κ2) is 10.8. The number of nitrogens with zero attached hydrogens (tertiary/aromatic N) is 4. The number of likely N-dealkylation sites (tertiary alicyclic amines) is 1. The molecule has 0 radical (unpaired) electrons. The zero-order chi connectivity index (χ0) is 19.2. The van der Waals surface area contributed by atoms with Gasteiger partial charge in [-0.3, -0.25) is 9.59 Å². The van der Waals surface area contributed by atoms with Crippen LogP contribution in [0.1, 0.15) is 68.9 Å². The van der Waals surface area contributed by atoms with Gasteiger partial charge in [0.1, 0.15) is 0 Å². The molecule has 2 fully saturated rings. The SMILES string of the molecule is CCCCNC(=O)C1CCC(C)N(C(=O)c2cn(C3CCNCC3)nn2)C1.Cl. The van der Waals surface area contributed by atoms with Gasteiger partial charge in [-0.25, -0.2) is 4.68 Å². The van der Waals surface area contributed by atoms with E-state index in [2.05, 4.69) is 27.9 Å². The van der Waals surface area contributed by atoms with Crippen LogP contribution in [0, 0.1) is 5.92 Å². The fraction of sp³-hybridized carbons (Fsp3) is 0.789. The topological polar surface area (TPSA) is 92.2 Å². The maximum absolute atomic E-state index is 13.0. The van der Waals surface area contributed by atoms with Gasteiger partial charge in [0.05, 0.1) is 18.2 Å². The maximum Gasteiger partial charge on any atom is 0.276 e. The van der Waals surface area contributed by atoms with Crippen LogP contribution in [0.15, 0.2) is 6.20 Å². The van der Waals surface area contributed by atoms with E-state index >= 15 is 0 Å². The molecule has 2 atom stereocenters. The van der Waals surface area contributed by atoms with Gasteiger partial charge < -0.3 is 15.5 Å². The quantitative estimate of drug-likeness (QED) is 0.695. The molecular formula is C19H33ClN6O2. The summed E-state index contributed by atoms with van der Waals surface area (Å²) in [7, 11) is 0. The van der Waals surface area contributed by atoms with Gasteiger partial charge in [-0.15, -0.1) is 17.5 Å². The molecule has 2 aliphatic heterocycles. The first-order valence-corrected chi connectivity index (χ1v) is 10.3. The number of hydrogen-bond acceptors (Lipinski definition) is 5. The predicted octanol–water partition coefficient (Wildman–Crippen LogP) is 1.78. The summed E-state index contributed by atoms with van der Waals surface area (Å²) in [5.74, 6) is -0.193. The lowest BCUT2D eigenvalue weighted by Crippen LogP contribution is -2.49. The van der Waals surface area contributed by atoms with Crippen LogP contribution in [0.5, 0.6) is 0 Å². The normalized spacial score (nSPS) is 23.1. The van der Waals surface area contributed by atoms with E-state index in [9.17, 15) is 9.59 Å². The lowest BCUT2D eigenvalue weighted by molar-refractivity contribution is -0.126. The van der Waals surface area contributed by atoms with Crippen LogP contribution >= 0.6 is 12.4 Å². The first-order valence-electron chi connectivity index (χ1n) is 10.3. The van der Waals surface area contributed by atoms with Gasteiger partial charge in [-0.05, 0) is 52.1 Å². The molecule has 0 aromatic carbocycles.